The van der Waals surface area contributed by atoms with Crippen LogP contribution in [0.15, 0.2) is 53.0 Å². The normalized spacial score (nSPS) is 12.1. The molecule has 2 aromatic carbocycles. The van der Waals surface area contributed by atoms with Crippen molar-refractivity contribution in [2.75, 3.05) is 19.0 Å². The van der Waals surface area contributed by atoms with Gasteiger partial charge >= 0.3 is 11.9 Å². The Labute approximate surface area is 172 Å². The first kappa shape index (κ1) is 20.9. The number of hydrogen-bond donors (Lipinski definition) is 1. The fourth-order valence-corrected chi connectivity index (χ4v) is 2.85. The number of ether oxygens (including phenoxy) is 3. The number of benzene rings is 2. The Morgan fingerprint density at radius 2 is 1.80 bits per heavy atom. The lowest BCUT2D eigenvalue weighted by Gasteiger charge is -2.14. The van der Waals surface area contributed by atoms with Crippen molar-refractivity contribution in [3.8, 4) is 5.75 Å². The van der Waals surface area contributed by atoms with E-state index in [4.69, 9.17) is 13.9 Å². The highest BCUT2D eigenvalue weighted by Gasteiger charge is 2.20. The Morgan fingerprint density at radius 3 is 2.53 bits per heavy atom. The summed E-state index contributed by atoms with van der Waals surface area (Å²) in [5, 5.41) is 4.45. The van der Waals surface area contributed by atoms with Crippen LogP contribution in [0, 0.1) is 0 Å². The number of fused-ring (bicyclic) bond motifs is 3. The summed E-state index contributed by atoms with van der Waals surface area (Å²) in [6.45, 7) is 3.25. The Morgan fingerprint density at radius 1 is 1.07 bits per heavy atom. The fourth-order valence-electron chi connectivity index (χ4n) is 2.85. The van der Waals surface area contributed by atoms with Crippen molar-refractivity contribution < 1.29 is 33.0 Å². The van der Waals surface area contributed by atoms with E-state index in [1.54, 1.807) is 19.1 Å². The number of rotatable bonds is 7. The first-order valence-corrected chi connectivity index (χ1v) is 9.28. The molecule has 0 radical (unpaired) electrons. The summed E-state index contributed by atoms with van der Waals surface area (Å²) < 4.78 is 20.9. The number of methoxy groups -OCH3 is 1. The van der Waals surface area contributed by atoms with Crippen molar-refractivity contribution in [2.24, 2.45) is 0 Å². The van der Waals surface area contributed by atoms with Gasteiger partial charge in [0, 0.05) is 29.0 Å². The van der Waals surface area contributed by atoms with Crippen molar-refractivity contribution in [2.45, 2.75) is 20.0 Å². The number of amides is 1. The number of anilines is 1. The van der Waals surface area contributed by atoms with Gasteiger partial charge in [-0.15, -0.1) is 0 Å². The minimum Gasteiger partial charge on any atom is -0.495 e. The minimum atomic E-state index is -1.11. The van der Waals surface area contributed by atoms with Gasteiger partial charge in [0.1, 0.15) is 16.9 Å². The van der Waals surface area contributed by atoms with E-state index in [1.807, 2.05) is 24.3 Å². The van der Waals surface area contributed by atoms with Gasteiger partial charge in [-0.05, 0) is 26.0 Å². The lowest BCUT2D eigenvalue weighted by atomic mass is 10.1. The molecule has 1 aromatic heterocycles. The summed E-state index contributed by atoms with van der Waals surface area (Å²) in [6.07, 6.45) is 0.734. The lowest BCUT2D eigenvalue weighted by Crippen LogP contribution is -2.29. The maximum atomic E-state index is 12.5. The van der Waals surface area contributed by atoms with E-state index in [1.165, 1.54) is 14.0 Å². The summed E-state index contributed by atoms with van der Waals surface area (Å²) in [6, 6.07) is 11.0. The van der Waals surface area contributed by atoms with Crippen molar-refractivity contribution in [3.63, 3.8) is 0 Å². The number of carbonyl (C=O) groups excluding carboxylic acids is 3. The van der Waals surface area contributed by atoms with Crippen molar-refractivity contribution in [3.05, 3.63) is 48.6 Å². The number of hydrogen-bond acceptors (Lipinski definition) is 7. The van der Waals surface area contributed by atoms with Crippen LogP contribution in [-0.2, 0) is 23.9 Å². The predicted octanol–water partition coefficient (Wildman–Crippen LogP) is 3.58. The molecule has 0 saturated carbocycles. The van der Waals surface area contributed by atoms with Crippen LogP contribution in [0.3, 0.4) is 0 Å². The molecule has 1 amide bonds. The summed E-state index contributed by atoms with van der Waals surface area (Å²) >= 11 is 0. The highest BCUT2D eigenvalue weighted by Crippen LogP contribution is 2.36. The van der Waals surface area contributed by atoms with Crippen LogP contribution in [0.1, 0.15) is 13.8 Å². The van der Waals surface area contributed by atoms with Crippen LogP contribution >= 0.6 is 0 Å². The van der Waals surface area contributed by atoms with Crippen LogP contribution in [0.4, 0.5) is 5.69 Å². The van der Waals surface area contributed by atoms with Crippen LogP contribution in [-0.4, -0.2) is 37.7 Å². The zero-order valence-electron chi connectivity index (χ0n) is 16.8. The second-order valence-electron chi connectivity index (χ2n) is 6.30. The molecule has 0 spiro atoms. The van der Waals surface area contributed by atoms with E-state index in [0.717, 1.165) is 22.9 Å². The largest absolute Gasteiger partial charge is 0.495 e. The van der Waals surface area contributed by atoms with E-state index in [-0.39, 0.29) is 6.61 Å². The molecule has 0 aliphatic carbocycles. The fraction of sp³-hybridized carbons (Fsp3) is 0.227. The van der Waals surface area contributed by atoms with Gasteiger partial charge in [0.15, 0.2) is 6.10 Å². The molecule has 0 saturated heterocycles. The molecular formula is C22H21NO7. The summed E-state index contributed by atoms with van der Waals surface area (Å²) in [5.41, 5.74) is 1.67. The molecule has 0 aliphatic rings. The van der Waals surface area contributed by atoms with Gasteiger partial charge in [0.2, 0.25) is 0 Å². The van der Waals surface area contributed by atoms with Gasteiger partial charge in [-0.2, -0.15) is 0 Å². The number of esters is 2. The number of nitrogens with one attached hydrogen (secondary N) is 1. The zero-order chi connectivity index (χ0) is 21.7. The second-order valence-corrected chi connectivity index (χ2v) is 6.30. The summed E-state index contributed by atoms with van der Waals surface area (Å²) in [4.78, 5) is 35.5. The van der Waals surface area contributed by atoms with Crippen molar-refractivity contribution in [1.29, 1.82) is 0 Å². The molecule has 0 aliphatic heterocycles. The van der Waals surface area contributed by atoms with Crippen LogP contribution in [0.25, 0.3) is 21.9 Å². The first-order chi connectivity index (χ1) is 14.4. The molecule has 30 heavy (non-hydrogen) atoms. The zero-order valence-corrected chi connectivity index (χ0v) is 16.8. The third kappa shape index (κ3) is 4.60. The molecule has 3 rings (SSSR count). The number of carbonyl (C=O) groups is 3. The summed E-state index contributed by atoms with van der Waals surface area (Å²) in [5.74, 6) is -1.65. The summed E-state index contributed by atoms with van der Waals surface area (Å²) in [7, 11) is 1.49. The standard InChI is InChI=1S/C22H21NO7/c1-4-28-20(24)9-10-21(25)29-13(2)22(26)23-16-12-18-15(11-19(16)27-3)14-7-5-6-8-17(14)30-18/h5-13H,4H2,1-3H3,(H,23,26)/b10-9+. The molecular weight excluding hydrogens is 390 g/mol. The van der Waals surface area contributed by atoms with Gasteiger partial charge in [-0.3, -0.25) is 4.79 Å². The lowest BCUT2D eigenvalue weighted by molar-refractivity contribution is -0.148. The van der Waals surface area contributed by atoms with Crippen molar-refractivity contribution >= 4 is 45.5 Å². The number of para-hydroxylation sites is 1. The Bertz CT molecular complexity index is 1130. The van der Waals surface area contributed by atoms with E-state index in [0.29, 0.717) is 22.6 Å². The molecule has 8 heteroatoms. The van der Waals surface area contributed by atoms with E-state index in [2.05, 4.69) is 10.1 Å². The van der Waals surface area contributed by atoms with Crippen LogP contribution in [0.5, 0.6) is 5.75 Å². The molecule has 1 heterocycles. The molecule has 0 fully saturated rings. The Kier molecular flexibility index (Phi) is 6.36. The van der Waals surface area contributed by atoms with E-state index < -0.39 is 23.9 Å². The third-order valence-electron chi connectivity index (χ3n) is 4.26. The smallest absolute Gasteiger partial charge is 0.331 e. The Hall–Kier alpha value is -3.81. The number of furan rings is 1. The topological polar surface area (TPSA) is 104 Å². The average molecular weight is 411 g/mol. The minimum absolute atomic E-state index is 0.189. The van der Waals surface area contributed by atoms with E-state index >= 15 is 0 Å². The third-order valence-corrected chi connectivity index (χ3v) is 4.26. The van der Waals surface area contributed by atoms with Gasteiger partial charge < -0.3 is 23.9 Å². The van der Waals surface area contributed by atoms with Crippen molar-refractivity contribution in [1.82, 2.24) is 0 Å². The monoisotopic (exact) mass is 411 g/mol. The molecule has 1 atom stereocenters. The van der Waals surface area contributed by atoms with Gasteiger partial charge in [-0.25, -0.2) is 9.59 Å². The molecule has 3 aromatic rings. The van der Waals surface area contributed by atoms with Crippen LogP contribution in [0.2, 0.25) is 0 Å². The van der Waals surface area contributed by atoms with Gasteiger partial charge in [0.25, 0.3) is 5.91 Å². The maximum Gasteiger partial charge on any atom is 0.331 e. The quantitative estimate of drug-likeness (QED) is 0.468. The second kappa shape index (κ2) is 9.13. The van der Waals surface area contributed by atoms with E-state index in [9.17, 15) is 14.4 Å². The molecule has 1 N–H and O–H groups in total. The SMILES string of the molecule is CCOC(=O)/C=C/C(=O)OC(C)C(=O)Nc1cc2oc3ccccc3c2cc1OC. The highest BCUT2D eigenvalue weighted by atomic mass is 16.5. The average Bonchev–Trinajstić information content (AvgIpc) is 3.09. The maximum absolute atomic E-state index is 12.5. The molecule has 156 valence electrons. The highest BCUT2D eigenvalue weighted by molar-refractivity contribution is 6.08. The first-order valence-electron chi connectivity index (χ1n) is 9.28. The molecule has 0 bridgehead atoms. The van der Waals surface area contributed by atoms with Gasteiger partial charge in [0.05, 0.1) is 19.4 Å². The molecule has 1 unspecified atom stereocenters. The Balaban J connectivity index is 1.74. The predicted molar refractivity (Wildman–Crippen MR) is 110 cm³/mol. The van der Waals surface area contributed by atoms with Crippen LogP contribution < -0.4 is 10.1 Å². The molecule has 8 nitrogen and oxygen atoms in total. The van der Waals surface area contributed by atoms with Gasteiger partial charge in [-0.1, -0.05) is 18.2 Å².